The Morgan fingerprint density at radius 1 is 1.19 bits per heavy atom. The fourth-order valence-corrected chi connectivity index (χ4v) is 3.45. The van der Waals surface area contributed by atoms with Crippen LogP contribution in [0.5, 0.6) is 0 Å². The molecular weight excluding hydrogens is 284 g/mol. The number of hydrogen-bond donors (Lipinski definition) is 2. The molecule has 1 saturated carbocycles. The van der Waals surface area contributed by atoms with E-state index in [1.807, 2.05) is 12.1 Å². The van der Waals surface area contributed by atoms with E-state index in [1.54, 1.807) is 12.1 Å². The largest absolute Gasteiger partial charge is 0.316 e. The molecule has 0 amide bonds. The molecule has 2 atom stereocenters. The molecule has 118 valence electrons. The van der Waals surface area contributed by atoms with Crippen LogP contribution in [0.1, 0.15) is 32.3 Å². The lowest BCUT2D eigenvalue weighted by Gasteiger charge is -2.08. The molecule has 0 heterocycles. The lowest BCUT2D eigenvalue weighted by molar-refractivity contribution is 0.574. The second-order valence-electron chi connectivity index (χ2n) is 5.97. The highest BCUT2D eigenvalue weighted by atomic mass is 32.2. The van der Waals surface area contributed by atoms with Crippen molar-refractivity contribution in [2.45, 2.75) is 38.0 Å². The summed E-state index contributed by atoms with van der Waals surface area (Å²) >= 11 is 0. The third kappa shape index (κ3) is 5.09. The van der Waals surface area contributed by atoms with Crippen molar-refractivity contribution in [3.05, 3.63) is 29.8 Å². The summed E-state index contributed by atoms with van der Waals surface area (Å²) in [5, 5.41) is 3.34. The van der Waals surface area contributed by atoms with Crippen LogP contribution in [0.25, 0.3) is 0 Å². The molecule has 1 aromatic carbocycles. The molecule has 4 nitrogen and oxygen atoms in total. The van der Waals surface area contributed by atoms with Gasteiger partial charge in [0.15, 0.2) is 0 Å². The zero-order chi connectivity index (χ0) is 15.3. The normalized spacial score (nSPS) is 21.4. The smallest absolute Gasteiger partial charge is 0.240 e. The highest BCUT2D eigenvalue weighted by molar-refractivity contribution is 7.89. The molecule has 1 fully saturated rings. The quantitative estimate of drug-likeness (QED) is 0.687. The summed E-state index contributed by atoms with van der Waals surface area (Å²) in [6, 6.07) is 7.21. The third-order valence-electron chi connectivity index (χ3n) is 4.06. The van der Waals surface area contributed by atoms with Crippen LogP contribution >= 0.6 is 0 Å². The van der Waals surface area contributed by atoms with E-state index in [-0.39, 0.29) is 0 Å². The zero-order valence-electron chi connectivity index (χ0n) is 12.9. The van der Waals surface area contributed by atoms with Gasteiger partial charge in [0, 0.05) is 6.54 Å². The maximum Gasteiger partial charge on any atom is 0.240 e. The molecule has 2 rings (SSSR count). The predicted octanol–water partition coefficient (Wildman–Crippen LogP) is 2.16. The summed E-state index contributed by atoms with van der Waals surface area (Å²) in [6.45, 7) is 6.81. The molecule has 1 aliphatic carbocycles. The second-order valence-corrected chi connectivity index (χ2v) is 7.74. The van der Waals surface area contributed by atoms with Crippen molar-refractivity contribution in [2.75, 3.05) is 19.6 Å². The molecule has 0 bridgehead atoms. The first-order valence-corrected chi connectivity index (χ1v) is 9.30. The first-order chi connectivity index (χ1) is 10.0. The van der Waals surface area contributed by atoms with Gasteiger partial charge in [-0.1, -0.05) is 26.0 Å². The van der Waals surface area contributed by atoms with E-state index in [0.717, 1.165) is 37.9 Å². The zero-order valence-corrected chi connectivity index (χ0v) is 13.7. The summed E-state index contributed by atoms with van der Waals surface area (Å²) < 4.78 is 27.0. The Hall–Kier alpha value is -0.910. The monoisotopic (exact) mass is 310 g/mol. The van der Waals surface area contributed by atoms with Crippen LogP contribution in [0.2, 0.25) is 0 Å². The van der Waals surface area contributed by atoms with Gasteiger partial charge in [-0.3, -0.25) is 0 Å². The summed E-state index contributed by atoms with van der Waals surface area (Å²) in [4.78, 5) is 0.362. The maximum absolute atomic E-state index is 12.2. The number of benzene rings is 1. The Balaban J connectivity index is 1.85. The SMILES string of the molecule is CCCNCCc1ccc(S(=O)(=O)NCC2CC2C)cc1. The van der Waals surface area contributed by atoms with Gasteiger partial charge in [-0.25, -0.2) is 13.1 Å². The Bertz CT molecular complexity index is 540. The first-order valence-electron chi connectivity index (χ1n) is 7.82. The lowest BCUT2D eigenvalue weighted by Crippen LogP contribution is -2.26. The molecule has 0 aliphatic heterocycles. The van der Waals surface area contributed by atoms with Gasteiger partial charge in [-0.15, -0.1) is 0 Å². The molecule has 2 N–H and O–H groups in total. The molecule has 21 heavy (non-hydrogen) atoms. The van der Waals surface area contributed by atoms with Crippen LogP contribution in [-0.4, -0.2) is 28.1 Å². The van der Waals surface area contributed by atoms with Crippen molar-refractivity contribution in [3.8, 4) is 0 Å². The average Bonchev–Trinajstić information content (AvgIpc) is 3.18. The Kier molecular flexibility index (Phi) is 5.79. The lowest BCUT2D eigenvalue weighted by atomic mass is 10.1. The van der Waals surface area contributed by atoms with Gasteiger partial charge in [0.2, 0.25) is 10.0 Å². The Morgan fingerprint density at radius 2 is 1.86 bits per heavy atom. The van der Waals surface area contributed by atoms with Crippen molar-refractivity contribution >= 4 is 10.0 Å². The third-order valence-corrected chi connectivity index (χ3v) is 5.50. The van der Waals surface area contributed by atoms with Crippen molar-refractivity contribution in [1.82, 2.24) is 10.0 Å². The van der Waals surface area contributed by atoms with Crippen LogP contribution in [0.15, 0.2) is 29.2 Å². The summed E-state index contributed by atoms with van der Waals surface area (Å²) in [5.74, 6) is 1.18. The molecule has 0 spiro atoms. The standard InChI is InChI=1S/C16H26N2O2S/c1-3-9-17-10-8-14-4-6-16(7-5-14)21(19,20)18-12-15-11-13(15)2/h4-7,13,15,17-18H,3,8-12H2,1-2H3. The minimum Gasteiger partial charge on any atom is -0.316 e. The van der Waals surface area contributed by atoms with E-state index < -0.39 is 10.0 Å². The summed E-state index contributed by atoms with van der Waals surface area (Å²) in [5.41, 5.74) is 1.16. The van der Waals surface area contributed by atoms with Crippen LogP contribution in [0, 0.1) is 11.8 Å². The van der Waals surface area contributed by atoms with Gasteiger partial charge in [-0.2, -0.15) is 0 Å². The van der Waals surface area contributed by atoms with E-state index in [4.69, 9.17) is 0 Å². The molecule has 1 aromatic rings. The van der Waals surface area contributed by atoms with Crippen molar-refractivity contribution in [3.63, 3.8) is 0 Å². The Morgan fingerprint density at radius 3 is 2.43 bits per heavy atom. The van der Waals surface area contributed by atoms with E-state index >= 15 is 0 Å². The number of rotatable bonds is 9. The van der Waals surface area contributed by atoms with Crippen molar-refractivity contribution in [2.24, 2.45) is 11.8 Å². The molecular formula is C16H26N2O2S. The van der Waals surface area contributed by atoms with Gasteiger partial charge < -0.3 is 5.32 Å². The summed E-state index contributed by atoms with van der Waals surface area (Å²) in [7, 11) is -3.35. The molecule has 0 aromatic heterocycles. The van der Waals surface area contributed by atoms with E-state index in [2.05, 4.69) is 23.9 Å². The van der Waals surface area contributed by atoms with E-state index in [1.165, 1.54) is 0 Å². The van der Waals surface area contributed by atoms with Gasteiger partial charge >= 0.3 is 0 Å². The van der Waals surface area contributed by atoms with Crippen LogP contribution < -0.4 is 10.0 Å². The van der Waals surface area contributed by atoms with Gasteiger partial charge in [0.05, 0.1) is 4.90 Å². The number of hydrogen-bond acceptors (Lipinski definition) is 3. The van der Waals surface area contributed by atoms with Gasteiger partial charge in [-0.05, 0) is 61.9 Å². The molecule has 1 aliphatic rings. The molecule has 0 saturated heterocycles. The van der Waals surface area contributed by atoms with Crippen LogP contribution in [0.3, 0.4) is 0 Å². The van der Waals surface area contributed by atoms with Crippen molar-refractivity contribution in [1.29, 1.82) is 0 Å². The van der Waals surface area contributed by atoms with E-state index in [0.29, 0.717) is 23.3 Å². The molecule has 5 heteroatoms. The van der Waals surface area contributed by atoms with Crippen molar-refractivity contribution < 1.29 is 8.42 Å². The van der Waals surface area contributed by atoms with E-state index in [9.17, 15) is 8.42 Å². The van der Waals surface area contributed by atoms with Gasteiger partial charge in [0.25, 0.3) is 0 Å². The van der Waals surface area contributed by atoms with Crippen LogP contribution in [-0.2, 0) is 16.4 Å². The van der Waals surface area contributed by atoms with Gasteiger partial charge in [0.1, 0.15) is 0 Å². The average molecular weight is 310 g/mol. The minimum atomic E-state index is -3.35. The second kappa shape index (κ2) is 7.38. The number of sulfonamides is 1. The Labute approximate surface area is 128 Å². The fraction of sp³-hybridized carbons (Fsp3) is 0.625. The predicted molar refractivity (Wildman–Crippen MR) is 85.8 cm³/mol. The van der Waals surface area contributed by atoms with Crippen LogP contribution in [0.4, 0.5) is 0 Å². The fourth-order valence-electron chi connectivity index (χ4n) is 2.35. The molecule has 0 radical (unpaired) electrons. The highest BCUT2D eigenvalue weighted by Crippen LogP contribution is 2.37. The maximum atomic E-state index is 12.2. The minimum absolute atomic E-state index is 0.362. The highest BCUT2D eigenvalue weighted by Gasteiger charge is 2.33. The first kappa shape index (κ1) is 16.5. The topological polar surface area (TPSA) is 58.2 Å². The molecule has 2 unspecified atom stereocenters. The summed E-state index contributed by atoms with van der Waals surface area (Å²) in [6.07, 6.45) is 3.18. The number of nitrogens with one attached hydrogen (secondary N) is 2.